The Labute approximate surface area is 66.4 Å². The zero-order chi connectivity index (χ0) is 8.27. The lowest BCUT2D eigenvalue weighted by molar-refractivity contribution is -0.117. The van der Waals surface area contributed by atoms with Crippen LogP contribution in [0.1, 0.15) is 12.8 Å². The van der Waals surface area contributed by atoms with Crippen LogP contribution >= 0.6 is 0 Å². The lowest BCUT2D eigenvalue weighted by Crippen LogP contribution is -2.41. The van der Waals surface area contributed by atoms with Gasteiger partial charge in [0.1, 0.15) is 12.6 Å². The van der Waals surface area contributed by atoms with Crippen LogP contribution in [0.2, 0.25) is 0 Å². The van der Waals surface area contributed by atoms with Gasteiger partial charge in [-0.1, -0.05) is 0 Å². The first kappa shape index (κ1) is 8.40. The van der Waals surface area contributed by atoms with Crippen molar-refractivity contribution in [1.82, 2.24) is 4.90 Å². The average Bonchev–Trinajstić information content (AvgIpc) is 2.04. The highest BCUT2D eigenvalue weighted by Crippen LogP contribution is 2.17. The molecule has 0 spiro atoms. The molecule has 62 valence electrons. The summed E-state index contributed by atoms with van der Waals surface area (Å²) in [5.41, 5.74) is 0. The first-order valence-electron chi connectivity index (χ1n) is 3.88. The highest BCUT2D eigenvalue weighted by atomic mass is 16.1. The van der Waals surface area contributed by atoms with Crippen molar-refractivity contribution in [2.75, 3.05) is 13.6 Å². The van der Waals surface area contributed by atoms with Crippen molar-refractivity contribution in [3.8, 4) is 0 Å². The molecule has 2 atom stereocenters. The van der Waals surface area contributed by atoms with Crippen LogP contribution in [-0.4, -0.2) is 37.1 Å². The van der Waals surface area contributed by atoms with Crippen LogP contribution in [0.5, 0.6) is 0 Å². The number of nitrogens with zero attached hydrogens (tertiary/aromatic N) is 1. The van der Waals surface area contributed by atoms with E-state index in [1.165, 1.54) is 0 Å². The Morgan fingerprint density at radius 2 is 2.00 bits per heavy atom. The lowest BCUT2D eigenvalue weighted by Gasteiger charge is -2.31. The Hall–Kier alpha value is -0.700. The van der Waals surface area contributed by atoms with Gasteiger partial charge in [-0.2, -0.15) is 0 Å². The van der Waals surface area contributed by atoms with Crippen molar-refractivity contribution >= 4 is 12.6 Å². The van der Waals surface area contributed by atoms with Crippen LogP contribution in [0.25, 0.3) is 0 Å². The molecule has 0 bridgehead atoms. The van der Waals surface area contributed by atoms with Crippen molar-refractivity contribution < 1.29 is 9.59 Å². The molecule has 3 heteroatoms. The largest absolute Gasteiger partial charge is 0.303 e. The molecule has 1 fully saturated rings. The van der Waals surface area contributed by atoms with E-state index >= 15 is 0 Å². The van der Waals surface area contributed by atoms with Crippen molar-refractivity contribution in [3.63, 3.8) is 0 Å². The van der Waals surface area contributed by atoms with E-state index in [9.17, 15) is 9.59 Å². The molecule has 0 aromatic heterocycles. The van der Waals surface area contributed by atoms with Gasteiger partial charge in [0, 0.05) is 12.5 Å². The summed E-state index contributed by atoms with van der Waals surface area (Å²) < 4.78 is 0. The molecule has 1 saturated heterocycles. The monoisotopic (exact) mass is 155 g/mol. The third-order valence-electron chi connectivity index (χ3n) is 2.27. The molecular weight excluding hydrogens is 142 g/mol. The zero-order valence-electron chi connectivity index (χ0n) is 6.69. The summed E-state index contributed by atoms with van der Waals surface area (Å²) in [6.07, 6.45) is 3.62. The SMILES string of the molecule is CN1CC(C=O)CCC1C=O. The van der Waals surface area contributed by atoms with Crippen LogP contribution in [0.4, 0.5) is 0 Å². The lowest BCUT2D eigenvalue weighted by atomic mass is 9.95. The predicted molar refractivity (Wildman–Crippen MR) is 41.3 cm³/mol. The molecule has 0 amide bonds. The minimum atomic E-state index is 0.0335. The van der Waals surface area contributed by atoms with E-state index in [2.05, 4.69) is 0 Å². The number of piperidine rings is 1. The van der Waals surface area contributed by atoms with Gasteiger partial charge in [-0.05, 0) is 19.9 Å². The molecule has 0 saturated carbocycles. The zero-order valence-corrected chi connectivity index (χ0v) is 6.69. The number of hydrogen-bond acceptors (Lipinski definition) is 3. The maximum absolute atomic E-state index is 10.4. The summed E-state index contributed by atoms with van der Waals surface area (Å²) in [4.78, 5) is 22.8. The summed E-state index contributed by atoms with van der Waals surface area (Å²) in [5.74, 6) is 0.135. The van der Waals surface area contributed by atoms with Gasteiger partial charge in [0.2, 0.25) is 0 Å². The molecule has 2 unspecified atom stereocenters. The van der Waals surface area contributed by atoms with Gasteiger partial charge < -0.3 is 9.59 Å². The molecule has 0 aromatic rings. The van der Waals surface area contributed by atoms with Crippen LogP contribution in [0.3, 0.4) is 0 Å². The Morgan fingerprint density at radius 3 is 2.45 bits per heavy atom. The van der Waals surface area contributed by atoms with E-state index in [1.807, 2.05) is 11.9 Å². The minimum Gasteiger partial charge on any atom is -0.303 e. The molecular formula is C8H13NO2. The maximum atomic E-state index is 10.4. The van der Waals surface area contributed by atoms with Gasteiger partial charge in [0.25, 0.3) is 0 Å². The highest BCUT2D eigenvalue weighted by molar-refractivity contribution is 5.59. The van der Waals surface area contributed by atoms with Crippen LogP contribution in [-0.2, 0) is 9.59 Å². The molecule has 0 radical (unpaired) electrons. The van der Waals surface area contributed by atoms with E-state index in [1.54, 1.807) is 0 Å². The van der Waals surface area contributed by atoms with Crippen molar-refractivity contribution in [2.24, 2.45) is 5.92 Å². The van der Waals surface area contributed by atoms with Crippen LogP contribution < -0.4 is 0 Å². The molecule has 1 heterocycles. The van der Waals surface area contributed by atoms with E-state index in [4.69, 9.17) is 0 Å². The summed E-state index contributed by atoms with van der Waals surface area (Å²) in [5, 5.41) is 0. The fourth-order valence-electron chi connectivity index (χ4n) is 1.48. The summed E-state index contributed by atoms with van der Waals surface area (Å²) >= 11 is 0. The molecule has 0 N–H and O–H groups in total. The number of likely N-dealkylation sites (N-methyl/N-ethyl adjacent to an activating group) is 1. The Bertz CT molecular complexity index is 158. The van der Waals surface area contributed by atoms with Crippen LogP contribution in [0, 0.1) is 5.92 Å². The number of carbonyl (C=O) groups is 2. The smallest absolute Gasteiger partial charge is 0.137 e. The van der Waals surface area contributed by atoms with E-state index in [-0.39, 0.29) is 12.0 Å². The molecule has 3 nitrogen and oxygen atoms in total. The molecule has 0 aromatic carbocycles. The van der Waals surface area contributed by atoms with Gasteiger partial charge in [-0.15, -0.1) is 0 Å². The van der Waals surface area contributed by atoms with Gasteiger partial charge in [-0.25, -0.2) is 0 Å². The topological polar surface area (TPSA) is 37.4 Å². The van der Waals surface area contributed by atoms with E-state index < -0.39 is 0 Å². The third kappa shape index (κ3) is 1.87. The fraction of sp³-hybridized carbons (Fsp3) is 0.750. The molecule has 11 heavy (non-hydrogen) atoms. The summed E-state index contributed by atoms with van der Waals surface area (Å²) in [6, 6.07) is 0.0335. The van der Waals surface area contributed by atoms with Gasteiger partial charge in [0.15, 0.2) is 0 Å². The second-order valence-electron chi connectivity index (χ2n) is 3.12. The predicted octanol–water partition coefficient (Wildman–Crippen LogP) is 0.0946. The standard InChI is InChI=1S/C8H13NO2/c1-9-4-7(5-10)2-3-8(9)6-11/h5-8H,2-4H2,1H3. The Balaban J connectivity index is 2.46. The Morgan fingerprint density at radius 1 is 1.27 bits per heavy atom. The average molecular weight is 155 g/mol. The molecule has 1 aliphatic heterocycles. The van der Waals surface area contributed by atoms with Gasteiger partial charge in [0.05, 0.1) is 6.04 Å². The first-order chi connectivity index (χ1) is 5.27. The number of rotatable bonds is 2. The van der Waals surface area contributed by atoms with Crippen molar-refractivity contribution in [3.05, 3.63) is 0 Å². The maximum Gasteiger partial charge on any atom is 0.137 e. The summed E-state index contributed by atoms with van der Waals surface area (Å²) in [6.45, 7) is 0.729. The number of carbonyl (C=O) groups excluding carboxylic acids is 2. The first-order valence-corrected chi connectivity index (χ1v) is 3.88. The molecule has 1 aliphatic rings. The second-order valence-corrected chi connectivity index (χ2v) is 3.12. The van der Waals surface area contributed by atoms with Gasteiger partial charge in [-0.3, -0.25) is 4.90 Å². The minimum absolute atomic E-state index is 0.0335. The molecule has 1 rings (SSSR count). The molecule has 0 aliphatic carbocycles. The van der Waals surface area contributed by atoms with Gasteiger partial charge >= 0.3 is 0 Å². The third-order valence-corrected chi connectivity index (χ3v) is 2.27. The number of hydrogen-bond donors (Lipinski definition) is 0. The van der Waals surface area contributed by atoms with Crippen molar-refractivity contribution in [1.29, 1.82) is 0 Å². The highest BCUT2D eigenvalue weighted by Gasteiger charge is 2.24. The number of likely N-dealkylation sites (tertiary alicyclic amines) is 1. The van der Waals surface area contributed by atoms with E-state index in [0.29, 0.717) is 0 Å². The summed E-state index contributed by atoms with van der Waals surface area (Å²) in [7, 11) is 1.88. The van der Waals surface area contributed by atoms with Crippen molar-refractivity contribution in [2.45, 2.75) is 18.9 Å². The normalized spacial score (nSPS) is 33.2. The Kier molecular flexibility index (Phi) is 2.76. The number of aldehydes is 2. The second kappa shape index (κ2) is 3.62. The van der Waals surface area contributed by atoms with Crippen LogP contribution in [0.15, 0.2) is 0 Å². The quantitative estimate of drug-likeness (QED) is 0.530. The fourth-order valence-corrected chi connectivity index (χ4v) is 1.48. The van der Waals surface area contributed by atoms with E-state index in [0.717, 1.165) is 32.0 Å².